The highest BCUT2D eigenvalue weighted by atomic mass is 16.3. The summed E-state index contributed by atoms with van der Waals surface area (Å²) in [5.41, 5.74) is 5.95. The summed E-state index contributed by atoms with van der Waals surface area (Å²) in [6, 6.07) is 7.72. The summed E-state index contributed by atoms with van der Waals surface area (Å²) in [5, 5.41) is 0. The number of nitrogens with two attached hydrogens (primary N) is 1. The van der Waals surface area contributed by atoms with Crippen molar-refractivity contribution in [1.82, 2.24) is 9.88 Å². The molecule has 0 radical (unpaired) electrons. The van der Waals surface area contributed by atoms with Crippen molar-refractivity contribution in [2.75, 3.05) is 31.1 Å². The summed E-state index contributed by atoms with van der Waals surface area (Å²) in [4.78, 5) is 20.5. The van der Waals surface area contributed by atoms with Crippen molar-refractivity contribution in [3.63, 3.8) is 0 Å². The van der Waals surface area contributed by atoms with E-state index in [1.807, 2.05) is 0 Å². The summed E-state index contributed by atoms with van der Waals surface area (Å²) in [5.74, 6) is 3.84. The molecule has 2 fully saturated rings. The fourth-order valence-electron chi connectivity index (χ4n) is 3.58. The zero-order valence-electron chi connectivity index (χ0n) is 14.5. The molecule has 1 saturated carbocycles. The molecule has 2 atom stereocenters. The Labute approximate surface area is 147 Å². The van der Waals surface area contributed by atoms with E-state index in [0.717, 1.165) is 50.2 Å². The Kier molecular flexibility index (Phi) is 4.21. The lowest BCUT2D eigenvalue weighted by molar-refractivity contribution is 0.1000. The van der Waals surface area contributed by atoms with Crippen LogP contribution in [0.25, 0.3) is 0 Å². The maximum Gasteiger partial charge on any atom is 0.252 e. The molecule has 0 unspecified atom stereocenters. The first kappa shape index (κ1) is 16.1. The predicted molar refractivity (Wildman–Crippen MR) is 95.5 cm³/mol. The van der Waals surface area contributed by atoms with Gasteiger partial charge in [0.05, 0.1) is 12.1 Å². The average molecular weight is 340 g/mol. The smallest absolute Gasteiger partial charge is 0.252 e. The minimum atomic E-state index is -0.428. The molecule has 6 nitrogen and oxygen atoms in total. The third-order valence-corrected chi connectivity index (χ3v) is 5.26. The van der Waals surface area contributed by atoms with E-state index in [4.69, 9.17) is 10.2 Å². The van der Waals surface area contributed by atoms with E-state index in [1.165, 1.54) is 6.42 Å². The number of nitrogens with zero attached hydrogens (tertiary/aromatic N) is 3. The molecule has 0 aromatic carbocycles. The first-order valence-electron chi connectivity index (χ1n) is 8.92. The van der Waals surface area contributed by atoms with Crippen LogP contribution in [0.2, 0.25) is 0 Å². The van der Waals surface area contributed by atoms with Crippen molar-refractivity contribution in [3.05, 3.63) is 47.5 Å². The van der Waals surface area contributed by atoms with Crippen LogP contribution in [-0.2, 0) is 6.54 Å². The van der Waals surface area contributed by atoms with Gasteiger partial charge in [-0.25, -0.2) is 4.98 Å². The van der Waals surface area contributed by atoms with Crippen LogP contribution in [-0.4, -0.2) is 42.0 Å². The van der Waals surface area contributed by atoms with Gasteiger partial charge in [-0.1, -0.05) is 6.92 Å². The first-order chi connectivity index (χ1) is 12.1. The highest BCUT2D eigenvalue weighted by molar-refractivity contribution is 5.97. The van der Waals surface area contributed by atoms with E-state index in [0.29, 0.717) is 17.3 Å². The zero-order chi connectivity index (χ0) is 17.4. The van der Waals surface area contributed by atoms with Crippen LogP contribution >= 0.6 is 0 Å². The third kappa shape index (κ3) is 3.39. The van der Waals surface area contributed by atoms with Gasteiger partial charge in [0.25, 0.3) is 5.91 Å². The Balaban J connectivity index is 1.36. The quantitative estimate of drug-likeness (QED) is 0.903. The Bertz CT molecular complexity index is 764. The minimum Gasteiger partial charge on any atom is -0.464 e. The maximum absolute atomic E-state index is 11.6. The largest absolute Gasteiger partial charge is 0.464 e. The molecule has 132 valence electrons. The molecule has 0 bridgehead atoms. The van der Waals surface area contributed by atoms with Crippen LogP contribution in [0.3, 0.4) is 0 Å². The lowest BCUT2D eigenvalue weighted by atomic mass is 10.2. The van der Waals surface area contributed by atoms with Gasteiger partial charge < -0.3 is 15.1 Å². The summed E-state index contributed by atoms with van der Waals surface area (Å²) in [6.45, 7) is 6.56. The third-order valence-electron chi connectivity index (χ3n) is 5.26. The lowest BCUT2D eigenvalue weighted by Gasteiger charge is -2.35. The Hall–Kier alpha value is -2.34. The maximum atomic E-state index is 11.6. The molecule has 2 aromatic rings. The number of anilines is 1. The van der Waals surface area contributed by atoms with E-state index in [2.05, 4.69) is 33.8 Å². The van der Waals surface area contributed by atoms with E-state index < -0.39 is 5.91 Å². The van der Waals surface area contributed by atoms with Crippen molar-refractivity contribution >= 4 is 11.7 Å². The van der Waals surface area contributed by atoms with Gasteiger partial charge in [-0.2, -0.15) is 0 Å². The standard InChI is InChI=1S/C19H24N4O2/c1-13-11-16(13)17-5-4-14(25-17)12-22-7-9-23(10-8-22)19-15(18(20)24)3-2-6-21-19/h2-6,13,16H,7-12H2,1H3,(H2,20,24)/t13-,16-/m1/s1. The molecule has 1 amide bonds. The van der Waals surface area contributed by atoms with Crippen LogP contribution < -0.4 is 10.6 Å². The molecule has 1 aliphatic carbocycles. The van der Waals surface area contributed by atoms with Gasteiger partial charge >= 0.3 is 0 Å². The molecule has 2 aromatic heterocycles. The molecule has 2 aliphatic rings. The van der Waals surface area contributed by atoms with E-state index in [1.54, 1.807) is 18.3 Å². The molecule has 1 aliphatic heterocycles. The molecule has 2 N–H and O–H groups in total. The number of primary amides is 1. The summed E-state index contributed by atoms with van der Waals surface area (Å²) in [6.07, 6.45) is 2.95. The van der Waals surface area contributed by atoms with Gasteiger partial charge in [0.15, 0.2) is 0 Å². The number of carbonyl (C=O) groups excluding carboxylic acids is 1. The molecule has 6 heteroatoms. The number of rotatable bonds is 5. The summed E-state index contributed by atoms with van der Waals surface area (Å²) >= 11 is 0. The summed E-state index contributed by atoms with van der Waals surface area (Å²) < 4.78 is 6.01. The molecular formula is C19H24N4O2. The monoisotopic (exact) mass is 340 g/mol. The number of pyridine rings is 1. The molecule has 0 spiro atoms. The average Bonchev–Trinajstić information content (AvgIpc) is 3.17. The van der Waals surface area contributed by atoms with Crippen molar-refractivity contribution in [3.8, 4) is 0 Å². The SMILES string of the molecule is C[C@@H]1C[C@H]1c1ccc(CN2CCN(c3ncccc3C(N)=O)CC2)o1. The van der Waals surface area contributed by atoms with Gasteiger partial charge in [0.2, 0.25) is 0 Å². The van der Waals surface area contributed by atoms with Crippen LogP contribution in [0.1, 0.15) is 41.1 Å². The van der Waals surface area contributed by atoms with E-state index >= 15 is 0 Å². The van der Waals surface area contributed by atoms with Crippen molar-refractivity contribution in [1.29, 1.82) is 0 Å². The predicted octanol–water partition coefficient (Wildman–Crippen LogP) is 2.22. The normalized spacial score (nSPS) is 23.6. The Morgan fingerprint density at radius 3 is 2.72 bits per heavy atom. The van der Waals surface area contributed by atoms with E-state index in [-0.39, 0.29) is 0 Å². The fourth-order valence-corrected chi connectivity index (χ4v) is 3.58. The van der Waals surface area contributed by atoms with Crippen molar-refractivity contribution in [2.45, 2.75) is 25.8 Å². The Morgan fingerprint density at radius 1 is 1.28 bits per heavy atom. The zero-order valence-corrected chi connectivity index (χ0v) is 14.5. The van der Waals surface area contributed by atoms with Crippen LogP contribution in [0.5, 0.6) is 0 Å². The highest BCUT2D eigenvalue weighted by Crippen LogP contribution is 2.47. The van der Waals surface area contributed by atoms with Gasteiger partial charge in [-0.3, -0.25) is 9.69 Å². The van der Waals surface area contributed by atoms with Gasteiger partial charge in [0.1, 0.15) is 17.3 Å². The number of carbonyl (C=O) groups is 1. The minimum absolute atomic E-state index is 0.428. The second-order valence-corrected chi connectivity index (χ2v) is 7.13. The Morgan fingerprint density at radius 2 is 2.04 bits per heavy atom. The van der Waals surface area contributed by atoms with Gasteiger partial charge in [0, 0.05) is 38.3 Å². The topological polar surface area (TPSA) is 75.6 Å². The van der Waals surface area contributed by atoms with Gasteiger partial charge in [-0.05, 0) is 36.6 Å². The van der Waals surface area contributed by atoms with Crippen LogP contribution in [0.4, 0.5) is 5.82 Å². The molecule has 4 rings (SSSR count). The van der Waals surface area contributed by atoms with Crippen molar-refractivity contribution in [2.24, 2.45) is 11.7 Å². The molecule has 1 saturated heterocycles. The highest BCUT2D eigenvalue weighted by Gasteiger charge is 2.36. The number of amides is 1. The molecule has 25 heavy (non-hydrogen) atoms. The van der Waals surface area contributed by atoms with E-state index in [9.17, 15) is 4.79 Å². The van der Waals surface area contributed by atoms with Crippen LogP contribution in [0.15, 0.2) is 34.9 Å². The number of hydrogen-bond donors (Lipinski definition) is 1. The fraction of sp³-hybridized carbons (Fsp3) is 0.474. The second kappa shape index (κ2) is 6.52. The molecule has 3 heterocycles. The second-order valence-electron chi connectivity index (χ2n) is 7.13. The number of hydrogen-bond acceptors (Lipinski definition) is 5. The van der Waals surface area contributed by atoms with Crippen LogP contribution in [0, 0.1) is 5.92 Å². The lowest BCUT2D eigenvalue weighted by Crippen LogP contribution is -2.46. The number of piperazine rings is 1. The van der Waals surface area contributed by atoms with Gasteiger partial charge in [-0.15, -0.1) is 0 Å². The molecular weight excluding hydrogens is 316 g/mol. The summed E-state index contributed by atoms with van der Waals surface area (Å²) in [7, 11) is 0. The van der Waals surface area contributed by atoms with Crippen molar-refractivity contribution < 1.29 is 9.21 Å². The number of aromatic nitrogens is 1. The number of furan rings is 1. The first-order valence-corrected chi connectivity index (χ1v) is 8.92.